The number of nitrogens with zero attached hydrogens (tertiary/aromatic N) is 1. The average molecular weight is 413 g/mol. The molecule has 0 saturated heterocycles. The van der Waals surface area contributed by atoms with Crippen LogP contribution in [-0.4, -0.2) is 25.8 Å². The maximum Gasteiger partial charge on any atom is 0.238 e. The lowest BCUT2D eigenvalue weighted by atomic mass is 9.93. The quantitative estimate of drug-likeness (QED) is 0.838. The SMILES string of the molecule is C[C@H]1c2cccc(S(N)(=O)=O)c2CCN1C(=O)Cc1c(Cl)cccc1Cl. The number of hydrogen-bond acceptors (Lipinski definition) is 3. The van der Waals surface area contributed by atoms with Crippen molar-refractivity contribution in [3.8, 4) is 0 Å². The second-order valence-electron chi connectivity index (χ2n) is 6.26. The molecule has 1 aliphatic rings. The highest BCUT2D eigenvalue weighted by molar-refractivity contribution is 7.89. The molecule has 0 aromatic heterocycles. The van der Waals surface area contributed by atoms with Crippen molar-refractivity contribution in [2.75, 3.05) is 6.54 Å². The molecule has 1 amide bonds. The van der Waals surface area contributed by atoms with Crippen molar-refractivity contribution in [2.24, 2.45) is 5.14 Å². The van der Waals surface area contributed by atoms with E-state index in [0.29, 0.717) is 34.1 Å². The van der Waals surface area contributed by atoms with Gasteiger partial charge in [0, 0.05) is 16.6 Å². The zero-order chi connectivity index (χ0) is 19.1. The Morgan fingerprint density at radius 2 is 1.81 bits per heavy atom. The van der Waals surface area contributed by atoms with Crippen molar-refractivity contribution in [2.45, 2.75) is 30.7 Å². The summed E-state index contributed by atoms with van der Waals surface area (Å²) in [5.41, 5.74) is 2.07. The predicted molar refractivity (Wildman–Crippen MR) is 102 cm³/mol. The van der Waals surface area contributed by atoms with Crippen LogP contribution in [0.25, 0.3) is 0 Å². The van der Waals surface area contributed by atoms with Gasteiger partial charge in [-0.25, -0.2) is 13.6 Å². The highest BCUT2D eigenvalue weighted by Gasteiger charge is 2.31. The van der Waals surface area contributed by atoms with Crippen molar-refractivity contribution in [1.82, 2.24) is 4.90 Å². The molecule has 3 rings (SSSR count). The number of carbonyl (C=O) groups excluding carboxylic acids is 1. The number of fused-ring (bicyclic) bond motifs is 1. The number of sulfonamides is 1. The monoisotopic (exact) mass is 412 g/mol. The van der Waals surface area contributed by atoms with E-state index in [1.165, 1.54) is 6.07 Å². The van der Waals surface area contributed by atoms with Crippen LogP contribution in [0.3, 0.4) is 0 Å². The first kappa shape index (κ1) is 19.2. The van der Waals surface area contributed by atoms with Gasteiger partial charge in [0.2, 0.25) is 15.9 Å². The second-order valence-corrected chi connectivity index (χ2v) is 8.60. The summed E-state index contributed by atoms with van der Waals surface area (Å²) in [6.45, 7) is 2.28. The van der Waals surface area contributed by atoms with Crippen molar-refractivity contribution in [1.29, 1.82) is 0 Å². The number of halogens is 2. The molecule has 5 nitrogen and oxygen atoms in total. The van der Waals surface area contributed by atoms with Crippen LogP contribution in [0, 0.1) is 0 Å². The summed E-state index contributed by atoms with van der Waals surface area (Å²) in [6, 6.07) is 9.83. The smallest absolute Gasteiger partial charge is 0.238 e. The molecule has 0 unspecified atom stereocenters. The third-order valence-corrected chi connectivity index (χ3v) is 6.41. The summed E-state index contributed by atoms with van der Waals surface area (Å²) >= 11 is 12.3. The minimum Gasteiger partial charge on any atom is -0.335 e. The van der Waals surface area contributed by atoms with E-state index >= 15 is 0 Å². The number of hydrogen-bond donors (Lipinski definition) is 1. The van der Waals surface area contributed by atoms with E-state index in [1.807, 2.05) is 13.0 Å². The van der Waals surface area contributed by atoms with Crippen LogP contribution >= 0.6 is 23.2 Å². The lowest BCUT2D eigenvalue weighted by Crippen LogP contribution is -2.40. The van der Waals surface area contributed by atoms with Gasteiger partial charge in [-0.2, -0.15) is 0 Å². The largest absolute Gasteiger partial charge is 0.335 e. The number of amides is 1. The Morgan fingerprint density at radius 3 is 2.42 bits per heavy atom. The normalized spacial score (nSPS) is 17.1. The topological polar surface area (TPSA) is 80.5 Å². The minimum absolute atomic E-state index is 0.0903. The first-order valence-corrected chi connectivity index (χ1v) is 10.4. The van der Waals surface area contributed by atoms with Gasteiger partial charge in [-0.1, -0.05) is 41.4 Å². The van der Waals surface area contributed by atoms with E-state index < -0.39 is 10.0 Å². The van der Waals surface area contributed by atoms with Crippen molar-refractivity contribution < 1.29 is 13.2 Å². The van der Waals surface area contributed by atoms with Crippen LogP contribution in [0.4, 0.5) is 0 Å². The molecule has 0 bridgehead atoms. The molecule has 2 N–H and O–H groups in total. The van der Waals surface area contributed by atoms with E-state index in [0.717, 1.165) is 5.56 Å². The standard InChI is InChI=1S/C18H18Cl2N2O3S/c1-11-12-4-2-7-17(26(21,24)25)13(12)8-9-22(11)18(23)10-14-15(19)5-3-6-16(14)20/h2-7,11H,8-10H2,1H3,(H2,21,24,25)/t11-/m0/s1. The Bertz CT molecular complexity index is 956. The van der Waals surface area contributed by atoms with E-state index in [9.17, 15) is 13.2 Å². The summed E-state index contributed by atoms with van der Waals surface area (Å²) < 4.78 is 23.6. The zero-order valence-corrected chi connectivity index (χ0v) is 16.4. The maximum atomic E-state index is 12.8. The number of primary sulfonamides is 1. The number of rotatable bonds is 3. The van der Waals surface area contributed by atoms with E-state index in [1.54, 1.807) is 29.2 Å². The van der Waals surface area contributed by atoms with Crippen LogP contribution in [0.2, 0.25) is 10.0 Å². The number of nitrogens with two attached hydrogens (primary N) is 1. The lowest BCUT2D eigenvalue weighted by molar-refractivity contribution is -0.133. The molecule has 0 saturated carbocycles. The Kier molecular flexibility index (Phi) is 5.30. The minimum atomic E-state index is -3.80. The van der Waals surface area contributed by atoms with E-state index in [2.05, 4.69) is 0 Å². The van der Waals surface area contributed by atoms with Crippen molar-refractivity contribution in [3.05, 3.63) is 63.1 Å². The van der Waals surface area contributed by atoms with Crippen LogP contribution in [0.1, 0.15) is 29.7 Å². The van der Waals surface area contributed by atoms with Crippen molar-refractivity contribution in [3.63, 3.8) is 0 Å². The highest BCUT2D eigenvalue weighted by Crippen LogP contribution is 2.34. The van der Waals surface area contributed by atoms with Gasteiger partial charge in [-0.15, -0.1) is 0 Å². The van der Waals surface area contributed by atoms with Gasteiger partial charge in [0.05, 0.1) is 17.4 Å². The lowest BCUT2D eigenvalue weighted by Gasteiger charge is -2.36. The van der Waals surface area contributed by atoms with Crippen LogP contribution in [-0.2, 0) is 27.7 Å². The summed E-state index contributed by atoms with van der Waals surface area (Å²) in [7, 11) is -3.80. The summed E-state index contributed by atoms with van der Waals surface area (Å²) in [5.74, 6) is -0.112. The molecule has 2 aromatic rings. The molecule has 8 heteroatoms. The van der Waals surface area contributed by atoms with Gasteiger partial charge in [0.25, 0.3) is 0 Å². The Morgan fingerprint density at radius 1 is 1.19 bits per heavy atom. The van der Waals surface area contributed by atoms with Gasteiger partial charge >= 0.3 is 0 Å². The van der Waals surface area contributed by atoms with Crippen LogP contribution in [0.15, 0.2) is 41.3 Å². The molecular weight excluding hydrogens is 395 g/mol. The number of carbonyl (C=O) groups is 1. The van der Waals surface area contributed by atoms with Gasteiger partial charge in [0.15, 0.2) is 0 Å². The fourth-order valence-electron chi connectivity index (χ4n) is 3.40. The Balaban J connectivity index is 1.90. The Hall–Kier alpha value is -1.60. The van der Waals surface area contributed by atoms with Gasteiger partial charge in [-0.05, 0) is 48.2 Å². The van der Waals surface area contributed by atoms with Gasteiger partial charge < -0.3 is 4.90 Å². The molecule has 2 aromatic carbocycles. The molecule has 1 heterocycles. The first-order valence-electron chi connectivity index (χ1n) is 8.07. The zero-order valence-electron chi connectivity index (χ0n) is 14.1. The van der Waals surface area contributed by atoms with Gasteiger partial charge in [-0.3, -0.25) is 4.79 Å². The predicted octanol–water partition coefficient (Wildman–Crippen LogP) is 3.33. The molecule has 138 valence electrons. The third-order valence-electron chi connectivity index (χ3n) is 4.71. The molecule has 0 fully saturated rings. The fraction of sp³-hybridized carbons (Fsp3) is 0.278. The molecule has 26 heavy (non-hydrogen) atoms. The maximum absolute atomic E-state index is 12.8. The fourth-order valence-corrected chi connectivity index (χ4v) is 4.76. The van der Waals surface area contributed by atoms with E-state index in [4.69, 9.17) is 28.3 Å². The molecule has 1 aliphatic heterocycles. The van der Waals surface area contributed by atoms with Crippen LogP contribution in [0.5, 0.6) is 0 Å². The summed E-state index contributed by atoms with van der Waals surface area (Å²) in [6.07, 6.45) is 0.515. The van der Waals surface area contributed by atoms with Crippen molar-refractivity contribution >= 4 is 39.1 Å². The molecule has 0 aliphatic carbocycles. The highest BCUT2D eigenvalue weighted by atomic mass is 35.5. The average Bonchev–Trinajstić information content (AvgIpc) is 2.57. The van der Waals surface area contributed by atoms with Crippen LogP contribution < -0.4 is 5.14 Å². The van der Waals surface area contributed by atoms with Gasteiger partial charge in [0.1, 0.15) is 0 Å². The molecular formula is C18H18Cl2N2O3S. The Labute approximate surface area is 162 Å². The second kappa shape index (κ2) is 7.19. The molecule has 1 atom stereocenters. The summed E-state index contributed by atoms with van der Waals surface area (Å²) in [4.78, 5) is 14.7. The third kappa shape index (κ3) is 3.60. The summed E-state index contributed by atoms with van der Waals surface area (Å²) in [5, 5.41) is 6.22. The number of benzene rings is 2. The molecule has 0 spiro atoms. The molecule has 0 radical (unpaired) electrons. The first-order chi connectivity index (χ1) is 12.2. The van der Waals surface area contributed by atoms with E-state index in [-0.39, 0.29) is 23.3 Å².